The molecule has 0 saturated heterocycles. The summed E-state index contributed by atoms with van der Waals surface area (Å²) in [6.07, 6.45) is 1.91. The van der Waals surface area contributed by atoms with E-state index in [-0.39, 0.29) is 5.91 Å². The lowest BCUT2D eigenvalue weighted by Gasteiger charge is -2.19. The summed E-state index contributed by atoms with van der Waals surface area (Å²) < 4.78 is 0. The summed E-state index contributed by atoms with van der Waals surface area (Å²) in [7, 11) is 0. The van der Waals surface area contributed by atoms with E-state index in [1.165, 1.54) is 0 Å². The van der Waals surface area contributed by atoms with Gasteiger partial charge < -0.3 is 10.2 Å². The van der Waals surface area contributed by atoms with Gasteiger partial charge in [-0.2, -0.15) is 5.26 Å². The molecule has 1 heterocycles. The van der Waals surface area contributed by atoms with Crippen LogP contribution in [-0.2, 0) is 0 Å². The molecule has 0 aliphatic heterocycles. The quantitative estimate of drug-likeness (QED) is 0.832. The minimum absolute atomic E-state index is 0.0803. The van der Waals surface area contributed by atoms with Gasteiger partial charge >= 0.3 is 0 Å². The Morgan fingerprint density at radius 3 is 2.78 bits per heavy atom. The smallest absolute Gasteiger partial charge is 0.255 e. The number of rotatable bonds is 6. The number of nitrogens with zero attached hydrogens (tertiary/aromatic N) is 3. The number of pyridine rings is 1. The number of aromatic nitrogens is 1. The van der Waals surface area contributed by atoms with Crippen molar-refractivity contribution in [1.82, 2.24) is 9.88 Å². The van der Waals surface area contributed by atoms with Gasteiger partial charge in [-0.25, -0.2) is 4.98 Å². The molecule has 0 spiro atoms. The molecule has 0 aromatic carbocycles. The fraction of sp³-hybridized carbons (Fsp3) is 0.462. The Hall–Kier alpha value is -2.09. The lowest BCUT2D eigenvalue weighted by atomic mass is 10.2. The molecule has 1 rings (SSSR count). The van der Waals surface area contributed by atoms with Crippen LogP contribution in [0.4, 0.5) is 5.82 Å². The van der Waals surface area contributed by atoms with Crippen LogP contribution in [0.3, 0.4) is 0 Å². The number of anilines is 1. The third-order valence-corrected chi connectivity index (χ3v) is 2.53. The number of hydrogen-bond donors (Lipinski definition) is 1. The van der Waals surface area contributed by atoms with E-state index in [1.54, 1.807) is 23.2 Å². The van der Waals surface area contributed by atoms with Gasteiger partial charge in [-0.1, -0.05) is 0 Å². The third kappa shape index (κ3) is 3.74. The highest BCUT2D eigenvalue weighted by atomic mass is 16.2. The van der Waals surface area contributed by atoms with Crippen LogP contribution >= 0.6 is 0 Å². The number of carbonyl (C=O) groups is 1. The summed E-state index contributed by atoms with van der Waals surface area (Å²) in [6, 6.07) is 5.58. The molecule has 0 bridgehead atoms. The Labute approximate surface area is 107 Å². The molecule has 5 heteroatoms. The molecule has 1 aromatic rings. The molecular formula is C13H18N4O. The summed E-state index contributed by atoms with van der Waals surface area (Å²) in [6.45, 7) is 5.73. The van der Waals surface area contributed by atoms with Crippen molar-refractivity contribution in [3.8, 4) is 6.07 Å². The van der Waals surface area contributed by atoms with E-state index in [0.29, 0.717) is 25.1 Å². The zero-order valence-electron chi connectivity index (χ0n) is 10.8. The Morgan fingerprint density at radius 2 is 2.28 bits per heavy atom. The van der Waals surface area contributed by atoms with Crippen molar-refractivity contribution in [3.63, 3.8) is 0 Å². The van der Waals surface area contributed by atoms with Crippen LogP contribution in [0.1, 0.15) is 30.6 Å². The second-order valence-corrected chi connectivity index (χ2v) is 3.76. The summed E-state index contributed by atoms with van der Waals surface area (Å²) >= 11 is 0. The number of nitrogens with one attached hydrogen (secondary N) is 1. The standard InChI is InChI=1S/C13H18N4O/c1-3-15-12-7-6-11(10-16-12)13(18)17(4-2)9-5-8-14/h6-7,10H,3-5,9H2,1-2H3,(H,15,16). The Morgan fingerprint density at radius 1 is 1.50 bits per heavy atom. The second kappa shape index (κ2) is 7.28. The molecular weight excluding hydrogens is 228 g/mol. The van der Waals surface area contributed by atoms with Crippen LogP contribution in [-0.4, -0.2) is 35.4 Å². The van der Waals surface area contributed by atoms with E-state index in [4.69, 9.17) is 5.26 Å². The van der Waals surface area contributed by atoms with E-state index in [9.17, 15) is 4.79 Å². The van der Waals surface area contributed by atoms with Crippen LogP contribution in [0.5, 0.6) is 0 Å². The normalized spacial score (nSPS) is 9.61. The molecule has 96 valence electrons. The fourth-order valence-electron chi connectivity index (χ4n) is 1.58. The zero-order valence-corrected chi connectivity index (χ0v) is 10.8. The predicted octanol–water partition coefficient (Wildman–Crippen LogP) is 1.89. The van der Waals surface area contributed by atoms with Crippen molar-refractivity contribution in [2.24, 2.45) is 0 Å². The van der Waals surface area contributed by atoms with E-state index >= 15 is 0 Å². The van der Waals surface area contributed by atoms with Gasteiger partial charge in [-0.15, -0.1) is 0 Å². The summed E-state index contributed by atoms with van der Waals surface area (Å²) in [5.74, 6) is 0.678. The van der Waals surface area contributed by atoms with Crippen molar-refractivity contribution in [1.29, 1.82) is 5.26 Å². The van der Waals surface area contributed by atoms with Gasteiger partial charge in [-0.3, -0.25) is 4.79 Å². The topological polar surface area (TPSA) is 69.0 Å². The lowest BCUT2D eigenvalue weighted by molar-refractivity contribution is 0.0767. The van der Waals surface area contributed by atoms with Gasteiger partial charge in [0, 0.05) is 25.8 Å². The van der Waals surface area contributed by atoms with Gasteiger partial charge in [-0.05, 0) is 26.0 Å². The van der Waals surface area contributed by atoms with E-state index in [1.807, 2.05) is 19.9 Å². The minimum atomic E-state index is -0.0803. The summed E-state index contributed by atoms with van der Waals surface area (Å²) in [5, 5.41) is 11.6. The fourth-order valence-corrected chi connectivity index (χ4v) is 1.58. The molecule has 0 atom stereocenters. The molecule has 5 nitrogen and oxygen atoms in total. The largest absolute Gasteiger partial charge is 0.370 e. The van der Waals surface area contributed by atoms with Crippen molar-refractivity contribution >= 4 is 11.7 Å². The van der Waals surface area contributed by atoms with Gasteiger partial charge in [0.1, 0.15) is 5.82 Å². The second-order valence-electron chi connectivity index (χ2n) is 3.76. The highest BCUT2D eigenvalue weighted by Gasteiger charge is 2.13. The summed E-state index contributed by atoms with van der Waals surface area (Å²) in [4.78, 5) is 17.9. The maximum absolute atomic E-state index is 12.1. The van der Waals surface area contributed by atoms with Crippen LogP contribution in [0.2, 0.25) is 0 Å². The molecule has 18 heavy (non-hydrogen) atoms. The molecule has 1 amide bonds. The monoisotopic (exact) mass is 246 g/mol. The maximum Gasteiger partial charge on any atom is 0.255 e. The molecule has 0 radical (unpaired) electrons. The third-order valence-electron chi connectivity index (χ3n) is 2.53. The van der Waals surface area contributed by atoms with Crippen LogP contribution in [0.25, 0.3) is 0 Å². The van der Waals surface area contributed by atoms with Crippen LogP contribution < -0.4 is 5.32 Å². The number of hydrogen-bond acceptors (Lipinski definition) is 4. The first-order valence-corrected chi connectivity index (χ1v) is 6.09. The molecule has 0 aliphatic carbocycles. The first-order chi connectivity index (χ1) is 8.72. The first-order valence-electron chi connectivity index (χ1n) is 6.09. The number of carbonyl (C=O) groups excluding carboxylic acids is 1. The summed E-state index contributed by atoms with van der Waals surface area (Å²) in [5.41, 5.74) is 0.552. The Balaban J connectivity index is 2.73. The predicted molar refractivity (Wildman–Crippen MR) is 70.2 cm³/mol. The van der Waals surface area contributed by atoms with Crippen LogP contribution in [0.15, 0.2) is 18.3 Å². The van der Waals surface area contributed by atoms with E-state index in [0.717, 1.165) is 12.4 Å². The van der Waals surface area contributed by atoms with E-state index < -0.39 is 0 Å². The van der Waals surface area contributed by atoms with Crippen molar-refractivity contribution in [2.75, 3.05) is 25.0 Å². The molecule has 1 aromatic heterocycles. The highest BCUT2D eigenvalue weighted by molar-refractivity contribution is 5.94. The molecule has 0 fully saturated rings. The van der Waals surface area contributed by atoms with Crippen molar-refractivity contribution in [3.05, 3.63) is 23.9 Å². The number of amides is 1. The maximum atomic E-state index is 12.1. The first kappa shape index (κ1) is 14.0. The Kier molecular flexibility index (Phi) is 5.65. The zero-order chi connectivity index (χ0) is 13.4. The SMILES string of the molecule is CCNc1ccc(C(=O)N(CC)CCC#N)cn1. The van der Waals surface area contributed by atoms with Gasteiger partial charge in [0.05, 0.1) is 18.1 Å². The van der Waals surface area contributed by atoms with Gasteiger partial charge in [0.15, 0.2) is 0 Å². The number of nitriles is 1. The van der Waals surface area contributed by atoms with Gasteiger partial charge in [0.25, 0.3) is 5.91 Å². The molecule has 0 aliphatic rings. The average molecular weight is 246 g/mol. The Bertz CT molecular complexity index is 422. The van der Waals surface area contributed by atoms with Crippen molar-refractivity contribution in [2.45, 2.75) is 20.3 Å². The molecule has 0 unspecified atom stereocenters. The molecule has 0 saturated carbocycles. The van der Waals surface area contributed by atoms with Gasteiger partial charge in [0.2, 0.25) is 0 Å². The molecule has 1 N–H and O–H groups in total. The average Bonchev–Trinajstić information content (AvgIpc) is 2.40. The lowest BCUT2D eigenvalue weighted by Crippen LogP contribution is -2.31. The highest BCUT2D eigenvalue weighted by Crippen LogP contribution is 2.08. The minimum Gasteiger partial charge on any atom is -0.370 e. The van der Waals surface area contributed by atoms with E-state index in [2.05, 4.69) is 10.3 Å². The van der Waals surface area contributed by atoms with Crippen molar-refractivity contribution < 1.29 is 4.79 Å². The van der Waals surface area contributed by atoms with Crippen LogP contribution in [0, 0.1) is 11.3 Å².